The Balaban J connectivity index is 1.77. The van der Waals surface area contributed by atoms with Crippen LogP contribution in [0.25, 0.3) is 11.3 Å². The summed E-state index contributed by atoms with van der Waals surface area (Å²) in [5, 5.41) is 10.8. The highest BCUT2D eigenvalue weighted by Gasteiger charge is 2.35. The highest BCUT2D eigenvalue weighted by molar-refractivity contribution is 5.69. The van der Waals surface area contributed by atoms with Crippen LogP contribution < -0.4 is 0 Å². The third kappa shape index (κ3) is 1.90. The molecule has 0 fully saturated rings. The Kier molecular flexibility index (Phi) is 3.09. The van der Waals surface area contributed by atoms with Crippen molar-refractivity contribution in [3.8, 4) is 11.3 Å². The fourth-order valence-corrected chi connectivity index (χ4v) is 3.54. The zero-order valence-electron chi connectivity index (χ0n) is 12.4. The van der Waals surface area contributed by atoms with Crippen LogP contribution in [-0.2, 0) is 0 Å². The molecule has 0 radical (unpaired) electrons. The third-order valence-electron chi connectivity index (χ3n) is 4.66. The molecular formula is C19H18N2O. The molecule has 110 valence electrons. The molecular weight excluding hydrogens is 272 g/mol. The van der Waals surface area contributed by atoms with Crippen LogP contribution in [0.15, 0.2) is 67.1 Å². The van der Waals surface area contributed by atoms with Gasteiger partial charge in [0, 0.05) is 11.5 Å². The molecule has 1 aliphatic heterocycles. The van der Waals surface area contributed by atoms with Crippen LogP contribution in [-0.4, -0.2) is 14.7 Å². The van der Waals surface area contributed by atoms with Crippen molar-refractivity contribution in [2.45, 2.75) is 19.1 Å². The summed E-state index contributed by atoms with van der Waals surface area (Å²) in [6.07, 6.45) is 3.27. The number of nitrogens with zero attached hydrogens (tertiary/aromatic N) is 2. The highest BCUT2D eigenvalue weighted by Crippen LogP contribution is 2.45. The molecule has 1 N–H and O–H groups in total. The van der Waals surface area contributed by atoms with E-state index in [4.69, 9.17) is 0 Å². The summed E-state index contributed by atoms with van der Waals surface area (Å²) in [6, 6.07) is 18.4. The molecule has 3 nitrogen and oxygen atoms in total. The van der Waals surface area contributed by atoms with Gasteiger partial charge in [0.1, 0.15) is 0 Å². The molecule has 0 saturated carbocycles. The predicted octanol–water partition coefficient (Wildman–Crippen LogP) is 3.82. The third-order valence-corrected chi connectivity index (χ3v) is 4.66. The van der Waals surface area contributed by atoms with Crippen LogP contribution in [0.3, 0.4) is 0 Å². The maximum absolute atomic E-state index is 10.8. The van der Waals surface area contributed by atoms with Crippen LogP contribution >= 0.6 is 0 Å². The number of fused-ring (bicyclic) bond motifs is 3. The van der Waals surface area contributed by atoms with Gasteiger partial charge in [-0.3, -0.25) is 0 Å². The second-order valence-electron chi connectivity index (χ2n) is 5.93. The van der Waals surface area contributed by atoms with Crippen molar-refractivity contribution in [3.05, 3.63) is 78.2 Å². The maximum atomic E-state index is 10.8. The van der Waals surface area contributed by atoms with Gasteiger partial charge in [-0.2, -0.15) is 0 Å². The van der Waals surface area contributed by atoms with E-state index in [0.29, 0.717) is 0 Å². The van der Waals surface area contributed by atoms with E-state index < -0.39 is 6.10 Å². The first-order valence-corrected chi connectivity index (χ1v) is 7.61. The second kappa shape index (κ2) is 5.11. The van der Waals surface area contributed by atoms with Gasteiger partial charge in [-0.25, -0.2) is 4.98 Å². The lowest BCUT2D eigenvalue weighted by Crippen LogP contribution is -2.21. The standard InChI is InChI=1S/C19H18N2O/c1-13(19(22)14-7-3-2-4-8-14)18-16-10-6-5-9-15(16)17-11-20-12-21(17)18/h2-13,18-19,22H,1H3/t13-,18-,19-/m0/s1. The van der Waals surface area contributed by atoms with E-state index in [-0.39, 0.29) is 12.0 Å². The normalized spacial score (nSPS) is 18.5. The van der Waals surface area contributed by atoms with Crippen molar-refractivity contribution in [3.63, 3.8) is 0 Å². The van der Waals surface area contributed by atoms with Crippen LogP contribution in [0.2, 0.25) is 0 Å². The molecule has 3 atom stereocenters. The Bertz CT molecular complexity index is 794. The van der Waals surface area contributed by atoms with Gasteiger partial charge in [0.05, 0.1) is 30.4 Å². The van der Waals surface area contributed by atoms with E-state index in [1.165, 1.54) is 11.1 Å². The molecule has 1 aliphatic rings. The fraction of sp³-hybridized carbons (Fsp3) is 0.211. The van der Waals surface area contributed by atoms with Gasteiger partial charge >= 0.3 is 0 Å². The first-order valence-electron chi connectivity index (χ1n) is 7.61. The lowest BCUT2D eigenvalue weighted by molar-refractivity contribution is 0.0967. The van der Waals surface area contributed by atoms with Gasteiger partial charge in [0.25, 0.3) is 0 Å². The summed E-state index contributed by atoms with van der Waals surface area (Å²) >= 11 is 0. The molecule has 0 aliphatic carbocycles. The van der Waals surface area contributed by atoms with Crippen molar-refractivity contribution in [2.75, 3.05) is 0 Å². The summed E-state index contributed by atoms with van der Waals surface area (Å²) < 4.78 is 2.18. The fourth-order valence-electron chi connectivity index (χ4n) is 3.54. The van der Waals surface area contributed by atoms with Crippen LogP contribution in [0, 0.1) is 5.92 Å². The summed E-state index contributed by atoms with van der Waals surface area (Å²) in [4.78, 5) is 4.29. The summed E-state index contributed by atoms with van der Waals surface area (Å²) in [6.45, 7) is 2.11. The second-order valence-corrected chi connectivity index (χ2v) is 5.93. The van der Waals surface area contributed by atoms with Gasteiger partial charge in [-0.15, -0.1) is 0 Å². The molecule has 2 heterocycles. The number of hydrogen-bond acceptors (Lipinski definition) is 2. The SMILES string of the molecule is C[C@H]([C@H](O)c1ccccc1)[C@H]1c2ccccc2-c2cncn21. The largest absolute Gasteiger partial charge is 0.388 e. The predicted molar refractivity (Wildman–Crippen MR) is 86.4 cm³/mol. The minimum Gasteiger partial charge on any atom is -0.388 e. The molecule has 22 heavy (non-hydrogen) atoms. The van der Waals surface area contributed by atoms with Gasteiger partial charge in [0.15, 0.2) is 0 Å². The van der Waals surface area contributed by atoms with Crippen molar-refractivity contribution >= 4 is 0 Å². The zero-order valence-corrected chi connectivity index (χ0v) is 12.4. The number of aliphatic hydroxyl groups excluding tert-OH is 1. The Morgan fingerprint density at radius 2 is 1.77 bits per heavy atom. The molecule has 2 aromatic carbocycles. The van der Waals surface area contributed by atoms with E-state index in [1.54, 1.807) is 0 Å². The monoisotopic (exact) mass is 290 g/mol. The van der Waals surface area contributed by atoms with Crippen LogP contribution in [0.4, 0.5) is 0 Å². The van der Waals surface area contributed by atoms with Crippen molar-refractivity contribution in [2.24, 2.45) is 5.92 Å². The maximum Gasteiger partial charge on any atom is 0.0956 e. The van der Waals surface area contributed by atoms with E-state index >= 15 is 0 Å². The molecule has 3 aromatic rings. The number of aromatic nitrogens is 2. The Hall–Kier alpha value is -2.39. The van der Waals surface area contributed by atoms with E-state index in [1.807, 2.05) is 42.9 Å². The number of rotatable bonds is 3. The van der Waals surface area contributed by atoms with Gasteiger partial charge in [-0.05, 0) is 11.1 Å². The van der Waals surface area contributed by atoms with Crippen LogP contribution in [0.1, 0.15) is 30.2 Å². The van der Waals surface area contributed by atoms with E-state index in [2.05, 4.69) is 40.7 Å². The van der Waals surface area contributed by atoms with E-state index in [9.17, 15) is 5.11 Å². The molecule has 0 spiro atoms. The van der Waals surface area contributed by atoms with Crippen molar-refractivity contribution < 1.29 is 5.11 Å². The zero-order chi connectivity index (χ0) is 15.1. The van der Waals surface area contributed by atoms with Gasteiger partial charge in [0.2, 0.25) is 0 Å². The summed E-state index contributed by atoms with van der Waals surface area (Å²) in [5.41, 5.74) is 4.58. The topological polar surface area (TPSA) is 38.1 Å². The average molecular weight is 290 g/mol. The summed E-state index contributed by atoms with van der Waals surface area (Å²) in [5.74, 6) is 0.0546. The molecule has 0 saturated heterocycles. The molecule has 0 bridgehead atoms. The van der Waals surface area contributed by atoms with Crippen LogP contribution in [0.5, 0.6) is 0 Å². The lowest BCUT2D eigenvalue weighted by atomic mass is 9.86. The minimum absolute atomic E-state index is 0.0546. The first-order chi connectivity index (χ1) is 10.8. The van der Waals surface area contributed by atoms with Crippen molar-refractivity contribution in [1.29, 1.82) is 0 Å². The Labute approximate surface area is 129 Å². The number of benzene rings is 2. The average Bonchev–Trinajstić information content (AvgIpc) is 3.15. The quantitative estimate of drug-likeness (QED) is 0.796. The first kappa shape index (κ1) is 13.3. The number of imidazole rings is 1. The van der Waals surface area contributed by atoms with E-state index in [0.717, 1.165) is 11.3 Å². The van der Waals surface area contributed by atoms with Gasteiger partial charge < -0.3 is 9.67 Å². The molecule has 0 amide bonds. The molecule has 1 aromatic heterocycles. The lowest BCUT2D eigenvalue weighted by Gasteiger charge is -2.27. The number of aliphatic hydroxyl groups is 1. The minimum atomic E-state index is -0.507. The summed E-state index contributed by atoms with van der Waals surface area (Å²) in [7, 11) is 0. The smallest absolute Gasteiger partial charge is 0.0956 e. The highest BCUT2D eigenvalue weighted by atomic mass is 16.3. The Morgan fingerprint density at radius 1 is 1.05 bits per heavy atom. The number of hydrogen-bond donors (Lipinski definition) is 1. The Morgan fingerprint density at radius 3 is 2.59 bits per heavy atom. The molecule has 4 rings (SSSR count). The molecule has 3 heteroatoms. The van der Waals surface area contributed by atoms with Gasteiger partial charge in [-0.1, -0.05) is 61.5 Å². The molecule has 0 unspecified atom stereocenters. The van der Waals surface area contributed by atoms with Crippen molar-refractivity contribution in [1.82, 2.24) is 9.55 Å².